The molecule has 1 amide bonds. The number of rotatable bonds is 5. The van der Waals surface area contributed by atoms with Crippen LogP contribution in [0.2, 0.25) is 10.0 Å². The third kappa shape index (κ3) is 3.92. The molecule has 2 unspecified atom stereocenters. The molecule has 0 radical (unpaired) electrons. The Kier molecular flexibility index (Phi) is 6.32. The Morgan fingerprint density at radius 2 is 1.89 bits per heavy atom. The number of carbonyl (C=O) groups excluding carboxylic acids is 1. The zero-order valence-electron chi connectivity index (χ0n) is 16.4. The second-order valence-corrected chi connectivity index (χ2v) is 10.6. The topological polar surface area (TPSA) is 69.7 Å². The maximum absolute atomic E-state index is 13.0. The number of nitrogens with zero attached hydrogens (tertiary/aromatic N) is 2. The van der Waals surface area contributed by atoms with Crippen molar-refractivity contribution in [2.24, 2.45) is 5.92 Å². The average molecular weight is 448 g/mol. The molecule has 3 rings (SSSR count). The molecular formula is C19H27Cl2N3O3S. The van der Waals surface area contributed by atoms with Gasteiger partial charge >= 0.3 is 0 Å². The molecule has 1 aromatic rings. The minimum Gasteiger partial charge on any atom is -0.323 e. The van der Waals surface area contributed by atoms with Crippen molar-refractivity contribution < 1.29 is 13.2 Å². The van der Waals surface area contributed by atoms with Gasteiger partial charge in [0.25, 0.3) is 0 Å². The van der Waals surface area contributed by atoms with E-state index in [1.54, 1.807) is 0 Å². The summed E-state index contributed by atoms with van der Waals surface area (Å²) in [6.45, 7) is 7.49. The van der Waals surface area contributed by atoms with Crippen LogP contribution in [-0.4, -0.2) is 54.9 Å². The van der Waals surface area contributed by atoms with Crippen LogP contribution in [0.4, 0.5) is 0 Å². The number of benzene rings is 1. The summed E-state index contributed by atoms with van der Waals surface area (Å²) in [6, 6.07) is 4.11. The molecule has 0 aromatic heterocycles. The van der Waals surface area contributed by atoms with E-state index < -0.39 is 15.7 Å². The lowest BCUT2D eigenvalue weighted by atomic mass is 9.95. The van der Waals surface area contributed by atoms with Crippen molar-refractivity contribution in [2.45, 2.75) is 56.6 Å². The lowest BCUT2D eigenvalue weighted by molar-refractivity contribution is -0.133. The van der Waals surface area contributed by atoms with Gasteiger partial charge in [0, 0.05) is 19.6 Å². The van der Waals surface area contributed by atoms with Crippen LogP contribution < -0.4 is 5.32 Å². The molecule has 1 N–H and O–H groups in total. The Labute approximate surface area is 177 Å². The van der Waals surface area contributed by atoms with Crippen LogP contribution in [0.15, 0.2) is 23.1 Å². The smallest absolute Gasteiger partial charge is 0.243 e. The summed E-state index contributed by atoms with van der Waals surface area (Å²) in [5.41, 5.74) is -0.469. The number of hydrogen-bond donors (Lipinski definition) is 1. The van der Waals surface area contributed by atoms with Crippen LogP contribution in [0.5, 0.6) is 0 Å². The quantitative estimate of drug-likeness (QED) is 0.750. The number of halogens is 2. The van der Waals surface area contributed by atoms with Crippen LogP contribution in [0.25, 0.3) is 0 Å². The molecule has 0 saturated carbocycles. The molecule has 156 valence electrons. The summed E-state index contributed by atoms with van der Waals surface area (Å²) in [4.78, 5) is 14.8. The largest absolute Gasteiger partial charge is 0.323 e. The van der Waals surface area contributed by atoms with Crippen molar-refractivity contribution in [3.8, 4) is 0 Å². The first-order valence-corrected chi connectivity index (χ1v) is 11.8. The second-order valence-electron chi connectivity index (χ2n) is 7.84. The molecule has 2 aliphatic heterocycles. The highest BCUT2D eigenvalue weighted by atomic mass is 35.5. The molecule has 1 aromatic carbocycles. The Balaban J connectivity index is 1.78. The fourth-order valence-corrected chi connectivity index (χ4v) is 5.82. The minimum absolute atomic E-state index is 0.0982. The number of sulfonamides is 1. The highest BCUT2D eigenvalue weighted by molar-refractivity contribution is 7.89. The number of nitrogens with one attached hydrogen (secondary N) is 1. The first-order chi connectivity index (χ1) is 13.1. The molecular weight excluding hydrogens is 421 g/mol. The maximum atomic E-state index is 13.0. The fourth-order valence-electron chi connectivity index (χ4n) is 3.99. The summed E-state index contributed by atoms with van der Waals surface area (Å²) >= 11 is 11.9. The summed E-state index contributed by atoms with van der Waals surface area (Å²) in [7, 11) is -3.66. The van der Waals surface area contributed by atoms with Gasteiger partial charge in [-0.25, -0.2) is 8.42 Å². The highest BCUT2D eigenvalue weighted by Crippen LogP contribution is 2.35. The van der Waals surface area contributed by atoms with Crippen molar-refractivity contribution in [3.63, 3.8) is 0 Å². The van der Waals surface area contributed by atoms with Gasteiger partial charge in [0.05, 0.1) is 26.6 Å². The third-order valence-electron chi connectivity index (χ3n) is 5.91. The highest BCUT2D eigenvalue weighted by Gasteiger charge is 2.51. The van der Waals surface area contributed by atoms with Crippen molar-refractivity contribution in [2.75, 3.05) is 19.6 Å². The zero-order chi connectivity index (χ0) is 20.7. The van der Waals surface area contributed by atoms with Crippen LogP contribution in [0.3, 0.4) is 0 Å². The van der Waals surface area contributed by atoms with E-state index in [-0.39, 0.29) is 21.9 Å². The number of amides is 1. The van der Waals surface area contributed by atoms with E-state index in [9.17, 15) is 13.2 Å². The maximum Gasteiger partial charge on any atom is 0.243 e. The predicted molar refractivity (Wildman–Crippen MR) is 111 cm³/mol. The van der Waals surface area contributed by atoms with Gasteiger partial charge in [-0.05, 0) is 43.9 Å². The summed E-state index contributed by atoms with van der Waals surface area (Å²) < 4.78 is 27.5. The van der Waals surface area contributed by atoms with E-state index in [0.29, 0.717) is 43.4 Å². The zero-order valence-corrected chi connectivity index (χ0v) is 18.7. The fraction of sp³-hybridized carbons (Fsp3) is 0.632. The summed E-state index contributed by atoms with van der Waals surface area (Å²) in [5, 5.41) is 3.98. The molecule has 0 bridgehead atoms. The molecule has 2 aliphatic rings. The van der Waals surface area contributed by atoms with Gasteiger partial charge in [-0.15, -0.1) is 0 Å². The number of carbonyl (C=O) groups is 1. The van der Waals surface area contributed by atoms with Crippen molar-refractivity contribution in [1.82, 2.24) is 14.5 Å². The van der Waals surface area contributed by atoms with Gasteiger partial charge in [0.2, 0.25) is 15.9 Å². The molecule has 1 spiro atoms. The lowest BCUT2D eigenvalue weighted by Gasteiger charge is -2.45. The number of piperidine rings is 1. The Hall–Kier alpha value is -0.860. The first kappa shape index (κ1) is 21.8. The second kappa shape index (κ2) is 8.11. The molecule has 2 fully saturated rings. The molecule has 28 heavy (non-hydrogen) atoms. The lowest BCUT2D eigenvalue weighted by Crippen LogP contribution is -2.60. The molecule has 0 aliphatic carbocycles. The standard InChI is InChI=1S/C19H27Cl2N3O3S/c1-4-13(2)12-24-18(25)14(3)22-19(24)7-9-23(10-8-19)28(26,27)15-5-6-16(20)17(21)11-15/h5-6,11,13-14,22H,4,7-10,12H2,1-3H3. The Morgan fingerprint density at radius 3 is 2.46 bits per heavy atom. The summed E-state index contributed by atoms with van der Waals surface area (Å²) in [6.07, 6.45) is 2.10. The monoisotopic (exact) mass is 447 g/mol. The minimum atomic E-state index is -3.66. The van der Waals surface area contributed by atoms with Crippen LogP contribution >= 0.6 is 23.2 Å². The molecule has 9 heteroatoms. The average Bonchev–Trinajstić information content (AvgIpc) is 2.88. The van der Waals surface area contributed by atoms with Crippen molar-refractivity contribution >= 4 is 39.1 Å². The number of hydrogen-bond acceptors (Lipinski definition) is 4. The molecule has 6 nitrogen and oxygen atoms in total. The van der Waals surface area contributed by atoms with Gasteiger partial charge in [-0.1, -0.05) is 43.5 Å². The SMILES string of the molecule is CCC(C)CN1C(=O)C(C)NC12CCN(S(=O)(=O)c1ccc(Cl)c(Cl)c1)CC2. The van der Waals surface area contributed by atoms with Gasteiger partial charge in [0.15, 0.2) is 0 Å². The van der Waals surface area contributed by atoms with E-state index in [1.165, 1.54) is 22.5 Å². The van der Waals surface area contributed by atoms with Gasteiger partial charge in [-0.2, -0.15) is 4.31 Å². The van der Waals surface area contributed by atoms with E-state index in [0.717, 1.165) is 6.42 Å². The molecule has 2 atom stereocenters. The van der Waals surface area contributed by atoms with Gasteiger partial charge in [-0.3, -0.25) is 10.1 Å². The van der Waals surface area contributed by atoms with E-state index in [4.69, 9.17) is 23.2 Å². The van der Waals surface area contributed by atoms with Gasteiger partial charge < -0.3 is 4.90 Å². The Morgan fingerprint density at radius 1 is 1.25 bits per heavy atom. The van der Waals surface area contributed by atoms with E-state index >= 15 is 0 Å². The Bertz CT molecular complexity index is 854. The predicted octanol–water partition coefficient (Wildman–Crippen LogP) is 3.34. The molecule has 2 heterocycles. The summed E-state index contributed by atoms with van der Waals surface area (Å²) in [5.74, 6) is 0.493. The van der Waals surface area contributed by atoms with Crippen LogP contribution in [-0.2, 0) is 14.8 Å². The van der Waals surface area contributed by atoms with Gasteiger partial charge in [0.1, 0.15) is 0 Å². The van der Waals surface area contributed by atoms with Crippen molar-refractivity contribution in [3.05, 3.63) is 28.2 Å². The first-order valence-electron chi connectivity index (χ1n) is 9.65. The van der Waals surface area contributed by atoms with Crippen LogP contribution in [0, 0.1) is 5.92 Å². The third-order valence-corrected chi connectivity index (χ3v) is 8.54. The van der Waals surface area contributed by atoms with Crippen molar-refractivity contribution in [1.29, 1.82) is 0 Å². The van der Waals surface area contributed by atoms with E-state index in [1.807, 2.05) is 11.8 Å². The van der Waals surface area contributed by atoms with E-state index in [2.05, 4.69) is 19.2 Å². The van der Waals surface area contributed by atoms with Crippen LogP contribution in [0.1, 0.15) is 40.0 Å². The molecule has 2 saturated heterocycles. The normalized spacial score (nSPS) is 24.1.